The van der Waals surface area contributed by atoms with Crippen LogP contribution in [-0.4, -0.2) is 39.5 Å². The molecule has 37 heavy (non-hydrogen) atoms. The summed E-state index contributed by atoms with van der Waals surface area (Å²) in [5.74, 6) is -1.09. The molecular weight excluding hydrogens is 464 g/mol. The van der Waals surface area contributed by atoms with Crippen LogP contribution in [0, 0.1) is 0 Å². The van der Waals surface area contributed by atoms with E-state index in [4.69, 9.17) is 0 Å². The van der Waals surface area contributed by atoms with Gasteiger partial charge in [0.05, 0.1) is 17.3 Å². The number of fused-ring (bicyclic) bond motifs is 1. The van der Waals surface area contributed by atoms with Crippen LogP contribution >= 0.6 is 0 Å². The molecule has 5 rings (SSSR count). The summed E-state index contributed by atoms with van der Waals surface area (Å²) in [6.45, 7) is 2.43. The Morgan fingerprint density at radius 2 is 1.73 bits per heavy atom. The van der Waals surface area contributed by atoms with E-state index in [0.717, 1.165) is 22.4 Å². The number of carbonyl (C=O) groups excluding carboxylic acids is 1. The summed E-state index contributed by atoms with van der Waals surface area (Å²) in [6.07, 6.45) is 6.08. The minimum absolute atomic E-state index is 0.0893. The van der Waals surface area contributed by atoms with Crippen molar-refractivity contribution in [1.29, 1.82) is 0 Å². The molecule has 0 spiro atoms. The number of carbonyl (C=O) groups is 2. The first-order chi connectivity index (χ1) is 18.0. The zero-order valence-electron chi connectivity index (χ0n) is 20.5. The third-order valence-electron chi connectivity index (χ3n) is 6.78. The van der Waals surface area contributed by atoms with Gasteiger partial charge in [-0.1, -0.05) is 36.4 Å². The van der Waals surface area contributed by atoms with E-state index in [1.54, 1.807) is 29.6 Å². The molecule has 7 nitrogen and oxygen atoms in total. The number of nitrogens with zero attached hydrogens (tertiary/aromatic N) is 3. The SMILES string of the molecule is C[C@H](N[C@@H](Cc1ccccc1)C(=O)N1CCc2c(C(=O)O)cc(-c3ccncc3)cc21)c1ccccn1. The number of carboxylic acids is 1. The number of anilines is 1. The Balaban J connectivity index is 1.51. The molecule has 0 unspecified atom stereocenters. The smallest absolute Gasteiger partial charge is 0.336 e. The molecule has 1 aliphatic heterocycles. The summed E-state index contributed by atoms with van der Waals surface area (Å²) in [7, 11) is 0. The van der Waals surface area contributed by atoms with Crippen molar-refractivity contribution < 1.29 is 14.7 Å². The Kier molecular flexibility index (Phi) is 7.05. The van der Waals surface area contributed by atoms with Crippen LogP contribution < -0.4 is 10.2 Å². The van der Waals surface area contributed by atoms with Crippen LogP contribution in [-0.2, 0) is 17.6 Å². The highest BCUT2D eigenvalue weighted by Gasteiger charge is 2.34. The molecular formula is C30H28N4O3. The Hall–Kier alpha value is -4.36. The molecule has 2 atom stereocenters. The van der Waals surface area contributed by atoms with Crippen molar-refractivity contribution in [2.24, 2.45) is 0 Å². The molecule has 7 heteroatoms. The van der Waals surface area contributed by atoms with Crippen molar-refractivity contribution in [2.75, 3.05) is 11.4 Å². The fraction of sp³-hybridized carbons (Fsp3) is 0.200. The van der Waals surface area contributed by atoms with Gasteiger partial charge in [0, 0.05) is 36.9 Å². The van der Waals surface area contributed by atoms with Gasteiger partial charge in [0.25, 0.3) is 0 Å². The van der Waals surface area contributed by atoms with Crippen LogP contribution in [0.4, 0.5) is 5.69 Å². The summed E-state index contributed by atoms with van der Waals surface area (Å²) in [6, 6.07) is 22.2. The van der Waals surface area contributed by atoms with Crippen LogP contribution in [0.3, 0.4) is 0 Å². The average molecular weight is 493 g/mol. The summed E-state index contributed by atoms with van der Waals surface area (Å²) >= 11 is 0. The van der Waals surface area contributed by atoms with E-state index in [2.05, 4.69) is 15.3 Å². The zero-order valence-corrected chi connectivity index (χ0v) is 20.5. The minimum atomic E-state index is -0.996. The predicted molar refractivity (Wildman–Crippen MR) is 142 cm³/mol. The maximum atomic E-state index is 14.1. The van der Waals surface area contributed by atoms with Gasteiger partial charge in [-0.2, -0.15) is 0 Å². The largest absolute Gasteiger partial charge is 0.478 e. The fourth-order valence-corrected chi connectivity index (χ4v) is 4.91. The van der Waals surface area contributed by atoms with Gasteiger partial charge in [0.2, 0.25) is 5.91 Å². The molecule has 2 aromatic carbocycles. The van der Waals surface area contributed by atoms with E-state index in [0.29, 0.717) is 30.6 Å². The predicted octanol–water partition coefficient (Wildman–Crippen LogP) is 4.69. The van der Waals surface area contributed by atoms with Gasteiger partial charge < -0.3 is 10.0 Å². The van der Waals surface area contributed by atoms with Gasteiger partial charge in [-0.05, 0) is 78.4 Å². The van der Waals surface area contributed by atoms with Crippen molar-refractivity contribution in [3.63, 3.8) is 0 Å². The number of rotatable bonds is 8. The quantitative estimate of drug-likeness (QED) is 0.370. The molecule has 0 bridgehead atoms. The van der Waals surface area contributed by atoms with Gasteiger partial charge in [0.15, 0.2) is 0 Å². The molecule has 0 aliphatic carbocycles. The molecule has 2 aromatic heterocycles. The minimum Gasteiger partial charge on any atom is -0.478 e. The summed E-state index contributed by atoms with van der Waals surface area (Å²) in [4.78, 5) is 36.5. The first kappa shape index (κ1) is 24.3. The lowest BCUT2D eigenvalue weighted by atomic mass is 9.97. The van der Waals surface area contributed by atoms with Crippen molar-refractivity contribution in [3.8, 4) is 11.1 Å². The fourth-order valence-electron chi connectivity index (χ4n) is 4.91. The lowest BCUT2D eigenvalue weighted by Crippen LogP contribution is -2.48. The van der Waals surface area contributed by atoms with E-state index in [1.165, 1.54) is 0 Å². The number of hydrogen-bond acceptors (Lipinski definition) is 5. The van der Waals surface area contributed by atoms with E-state index in [9.17, 15) is 14.7 Å². The Morgan fingerprint density at radius 1 is 0.973 bits per heavy atom. The van der Waals surface area contributed by atoms with Crippen molar-refractivity contribution >= 4 is 17.6 Å². The van der Waals surface area contributed by atoms with Crippen LogP contribution in [0.2, 0.25) is 0 Å². The lowest BCUT2D eigenvalue weighted by Gasteiger charge is -2.28. The maximum Gasteiger partial charge on any atom is 0.336 e. The molecule has 0 radical (unpaired) electrons. The third-order valence-corrected chi connectivity index (χ3v) is 6.78. The molecule has 1 amide bonds. The highest BCUT2D eigenvalue weighted by atomic mass is 16.4. The highest BCUT2D eigenvalue weighted by Crippen LogP contribution is 2.36. The molecule has 0 saturated carbocycles. The standard InChI is InChI=1S/C30H28N4O3/c1-20(26-9-5-6-13-32-26)33-27(17-21-7-3-2-4-8-21)29(35)34-16-12-24-25(30(36)37)18-23(19-28(24)34)22-10-14-31-15-11-22/h2-11,13-15,18-20,27,33H,12,16-17H2,1H3,(H,36,37)/t20-,27-/m0/s1. The number of carboxylic acid groups (broad SMARTS) is 1. The molecule has 1 aliphatic rings. The number of hydrogen-bond donors (Lipinski definition) is 2. The molecule has 0 fully saturated rings. The van der Waals surface area contributed by atoms with Crippen LogP contribution in [0.15, 0.2) is 91.4 Å². The number of amides is 1. The van der Waals surface area contributed by atoms with Gasteiger partial charge in [0.1, 0.15) is 0 Å². The Labute approximate surface area is 215 Å². The monoisotopic (exact) mass is 492 g/mol. The second-order valence-corrected chi connectivity index (χ2v) is 9.19. The van der Waals surface area contributed by atoms with Crippen LogP contribution in [0.1, 0.15) is 40.1 Å². The highest BCUT2D eigenvalue weighted by molar-refractivity contribution is 6.03. The number of benzene rings is 2. The topological polar surface area (TPSA) is 95.4 Å². The normalized spacial score (nSPS) is 14.1. The molecule has 186 valence electrons. The third kappa shape index (κ3) is 5.27. The molecule has 2 N–H and O–H groups in total. The van der Waals surface area contributed by atoms with Crippen LogP contribution in [0.25, 0.3) is 11.1 Å². The lowest BCUT2D eigenvalue weighted by molar-refractivity contribution is -0.120. The van der Waals surface area contributed by atoms with E-state index in [1.807, 2.05) is 73.7 Å². The van der Waals surface area contributed by atoms with Crippen molar-refractivity contribution in [2.45, 2.75) is 31.8 Å². The summed E-state index contributed by atoms with van der Waals surface area (Å²) < 4.78 is 0. The second kappa shape index (κ2) is 10.7. The van der Waals surface area contributed by atoms with Gasteiger partial charge in [-0.15, -0.1) is 0 Å². The number of pyridine rings is 2. The number of aromatic nitrogens is 2. The van der Waals surface area contributed by atoms with Crippen molar-refractivity contribution in [1.82, 2.24) is 15.3 Å². The van der Waals surface area contributed by atoms with E-state index in [-0.39, 0.29) is 17.5 Å². The second-order valence-electron chi connectivity index (χ2n) is 9.19. The average Bonchev–Trinajstić information content (AvgIpc) is 3.37. The summed E-state index contributed by atoms with van der Waals surface area (Å²) in [5, 5.41) is 13.5. The Morgan fingerprint density at radius 3 is 2.43 bits per heavy atom. The number of nitrogens with one attached hydrogen (secondary N) is 1. The molecule has 4 aromatic rings. The first-order valence-corrected chi connectivity index (χ1v) is 12.3. The van der Waals surface area contributed by atoms with Gasteiger partial charge in [-0.3, -0.25) is 20.1 Å². The molecule has 0 saturated heterocycles. The summed E-state index contributed by atoms with van der Waals surface area (Å²) in [5.41, 5.74) is 5.06. The maximum absolute atomic E-state index is 14.1. The van der Waals surface area contributed by atoms with Crippen molar-refractivity contribution in [3.05, 3.63) is 114 Å². The van der Waals surface area contributed by atoms with Crippen LogP contribution in [0.5, 0.6) is 0 Å². The van der Waals surface area contributed by atoms with E-state index < -0.39 is 12.0 Å². The zero-order chi connectivity index (χ0) is 25.8. The van der Waals surface area contributed by atoms with Gasteiger partial charge in [-0.25, -0.2) is 4.79 Å². The first-order valence-electron chi connectivity index (χ1n) is 12.3. The van der Waals surface area contributed by atoms with E-state index >= 15 is 0 Å². The molecule has 3 heterocycles. The number of aromatic carboxylic acids is 1. The van der Waals surface area contributed by atoms with Gasteiger partial charge >= 0.3 is 5.97 Å². The Bertz CT molecular complexity index is 1390.